The molecule has 1 amide bonds. The molecule has 7 heteroatoms. The average Bonchev–Trinajstić information content (AvgIpc) is 2.66. The number of carbonyl (C=O) groups is 1. The van der Waals surface area contributed by atoms with Gasteiger partial charge < -0.3 is 15.4 Å². The number of nitrogens with one attached hydrogen (secondary N) is 2. The third kappa shape index (κ3) is 4.10. The van der Waals surface area contributed by atoms with Crippen LogP contribution < -0.4 is 15.4 Å². The Balaban J connectivity index is 1.70. The number of aromatic nitrogens is 2. The molecule has 0 saturated carbocycles. The van der Waals surface area contributed by atoms with Crippen molar-refractivity contribution in [1.29, 1.82) is 0 Å². The highest BCUT2D eigenvalue weighted by Gasteiger charge is 2.09. The first-order valence-corrected chi connectivity index (χ1v) is 8.24. The first-order chi connectivity index (χ1) is 12.6. The number of hydrogen-bond donors (Lipinski definition) is 2. The summed E-state index contributed by atoms with van der Waals surface area (Å²) < 4.78 is 5.14. The van der Waals surface area contributed by atoms with Gasteiger partial charge in [0.1, 0.15) is 5.75 Å². The van der Waals surface area contributed by atoms with Crippen LogP contribution in [-0.2, 0) is 0 Å². The second-order valence-electron chi connectivity index (χ2n) is 5.52. The molecule has 0 saturated heterocycles. The second-order valence-corrected chi connectivity index (χ2v) is 5.93. The highest BCUT2D eigenvalue weighted by atomic mass is 35.5. The minimum absolute atomic E-state index is 0.302. The Bertz CT molecular complexity index is 929. The van der Waals surface area contributed by atoms with Crippen molar-refractivity contribution in [3.63, 3.8) is 0 Å². The van der Waals surface area contributed by atoms with Crippen LogP contribution in [-0.4, -0.2) is 23.0 Å². The van der Waals surface area contributed by atoms with Gasteiger partial charge in [0.15, 0.2) is 0 Å². The van der Waals surface area contributed by atoms with Crippen molar-refractivity contribution in [3.8, 4) is 5.75 Å². The molecule has 26 heavy (non-hydrogen) atoms. The number of methoxy groups -OCH3 is 1. The molecule has 2 aromatic carbocycles. The Morgan fingerprint density at radius 2 is 1.85 bits per heavy atom. The van der Waals surface area contributed by atoms with Crippen molar-refractivity contribution < 1.29 is 9.53 Å². The van der Waals surface area contributed by atoms with Gasteiger partial charge >= 0.3 is 0 Å². The summed E-state index contributed by atoms with van der Waals surface area (Å²) in [5, 5.41) is 6.53. The molecule has 0 aliphatic rings. The molecule has 0 atom stereocenters. The van der Waals surface area contributed by atoms with E-state index in [2.05, 4.69) is 20.6 Å². The van der Waals surface area contributed by atoms with Crippen LogP contribution in [0.25, 0.3) is 0 Å². The quantitative estimate of drug-likeness (QED) is 0.696. The molecule has 0 aliphatic heterocycles. The van der Waals surface area contributed by atoms with Gasteiger partial charge in [-0.25, -0.2) is 9.97 Å². The topological polar surface area (TPSA) is 76.1 Å². The predicted molar refractivity (Wildman–Crippen MR) is 102 cm³/mol. The molecule has 3 rings (SSSR count). The Morgan fingerprint density at radius 1 is 1.12 bits per heavy atom. The Kier molecular flexibility index (Phi) is 5.34. The molecule has 1 aromatic heterocycles. The lowest BCUT2D eigenvalue weighted by Crippen LogP contribution is -2.13. The fourth-order valence-electron chi connectivity index (χ4n) is 2.28. The van der Waals surface area contributed by atoms with Gasteiger partial charge in [0, 0.05) is 34.9 Å². The van der Waals surface area contributed by atoms with Crippen molar-refractivity contribution in [2.45, 2.75) is 6.92 Å². The zero-order valence-corrected chi connectivity index (χ0v) is 15.0. The first kappa shape index (κ1) is 17.7. The number of nitrogens with zero attached hydrogens (tertiary/aromatic N) is 2. The third-order valence-electron chi connectivity index (χ3n) is 3.76. The maximum absolute atomic E-state index is 12.3. The zero-order valence-electron chi connectivity index (χ0n) is 14.3. The first-order valence-electron chi connectivity index (χ1n) is 7.86. The van der Waals surface area contributed by atoms with E-state index in [1.165, 1.54) is 12.4 Å². The molecule has 132 valence electrons. The molecular formula is C19H17ClN4O2. The van der Waals surface area contributed by atoms with Crippen molar-refractivity contribution in [3.05, 3.63) is 71.0 Å². The van der Waals surface area contributed by atoms with E-state index >= 15 is 0 Å². The monoisotopic (exact) mass is 368 g/mol. The summed E-state index contributed by atoms with van der Waals surface area (Å²) in [5.74, 6) is 0.743. The molecule has 6 nitrogen and oxygen atoms in total. The van der Waals surface area contributed by atoms with Crippen LogP contribution in [0.3, 0.4) is 0 Å². The van der Waals surface area contributed by atoms with Gasteiger partial charge in [-0.1, -0.05) is 23.7 Å². The Morgan fingerprint density at radius 3 is 2.58 bits per heavy atom. The number of halogens is 1. The van der Waals surface area contributed by atoms with Gasteiger partial charge in [-0.3, -0.25) is 4.79 Å². The van der Waals surface area contributed by atoms with E-state index in [-0.39, 0.29) is 5.91 Å². The highest BCUT2D eigenvalue weighted by molar-refractivity contribution is 6.31. The molecule has 0 spiro atoms. The van der Waals surface area contributed by atoms with Crippen molar-refractivity contribution in [1.82, 2.24) is 9.97 Å². The van der Waals surface area contributed by atoms with E-state index in [9.17, 15) is 4.79 Å². The summed E-state index contributed by atoms with van der Waals surface area (Å²) in [6.45, 7) is 1.90. The minimum atomic E-state index is -0.302. The summed E-state index contributed by atoms with van der Waals surface area (Å²) in [4.78, 5) is 20.7. The lowest BCUT2D eigenvalue weighted by Gasteiger charge is -2.10. The van der Waals surface area contributed by atoms with Gasteiger partial charge in [-0.05, 0) is 36.8 Å². The minimum Gasteiger partial charge on any atom is -0.497 e. The van der Waals surface area contributed by atoms with Gasteiger partial charge in [0.25, 0.3) is 5.91 Å². The zero-order chi connectivity index (χ0) is 18.5. The number of anilines is 3. The van der Waals surface area contributed by atoms with Crippen LogP contribution in [0.15, 0.2) is 54.9 Å². The number of carbonyl (C=O) groups excluding carboxylic acids is 1. The molecule has 1 heterocycles. The Labute approximate surface area is 156 Å². The molecule has 0 unspecified atom stereocenters. The summed E-state index contributed by atoms with van der Waals surface area (Å²) in [5.41, 5.74) is 2.69. The van der Waals surface area contributed by atoms with Crippen LogP contribution >= 0.6 is 11.6 Å². The number of ether oxygens (including phenoxy) is 1. The number of amides is 1. The molecule has 0 radical (unpaired) electrons. The normalized spacial score (nSPS) is 10.3. The Hall–Kier alpha value is -3.12. The van der Waals surface area contributed by atoms with Crippen LogP contribution in [0.2, 0.25) is 5.02 Å². The summed E-state index contributed by atoms with van der Waals surface area (Å²) in [6.07, 6.45) is 2.93. The molecule has 2 N–H and O–H groups in total. The van der Waals surface area contributed by atoms with Crippen LogP contribution in [0.1, 0.15) is 15.9 Å². The van der Waals surface area contributed by atoms with E-state index in [1.807, 2.05) is 25.1 Å². The van der Waals surface area contributed by atoms with E-state index in [1.54, 1.807) is 31.4 Å². The van der Waals surface area contributed by atoms with Crippen LogP contribution in [0.5, 0.6) is 5.75 Å². The average molecular weight is 369 g/mol. The molecule has 0 bridgehead atoms. The molecular weight excluding hydrogens is 352 g/mol. The summed E-state index contributed by atoms with van der Waals surface area (Å²) in [7, 11) is 1.57. The van der Waals surface area contributed by atoms with Gasteiger partial charge in [-0.15, -0.1) is 0 Å². The van der Waals surface area contributed by atoms with Crippen molar-refractivity contribution in [2.24, 2.45) is 0 Å². The highest BCUT2D eigenvalue weighted by Crippen LogP contribution is 2.24. The lowest BCUT2D eigenvalue weighted by molar-refractivity contribution is 0.102. The van der Waals surface area contributed by atoms with Gasteiger partial charge in [-0.2, -0.15) is 0 Å². The summed E-state index contributed by atoms with van der Waals surface area (Å²) in [6, 6.07) is 12.6. The smallest absolute Gasteiger partial charge is 0.258 e. The van der Waals surface area contributed by atoms with E-state index in [0.29, 0.717) is 28.0 Å². The van der Waals surface area contributed by atoms with Gasteiger partial charge in [0.2, 0.25) is 5.95 Å². The maximum Gasteiger partial charge on any atom is 0.258 e. The van der Waals surface area contributed by atoms with E-state index < -0.39 is 0 Å². The molecule has 0 aliphatic carbocycles. The van der Waals surface area contributed by atoms with Crippen LogP contribution in [0.4, 0.5) is 17.3 Å². The number of rotatable bonds is 5. The third-order valence-corrected chi connectivity index (χ3v) is 4.17. The summed E-state index contributed by atoms with van der Waals surface area (Å²) >= 11 is 6.10. The van der Waals surface area contributed by atoms with E-state index in [4.69, 9.17) is 16.3 Å². The SMILES string of the molecule is COc1cccc(NC(=O)c2cnc(Nc3cccc(Cl)c3C)nc2)c1. The van der Waals surface area contributed by atoms with Crippen molar-refractivity contribution >= 4 is 34.8 Å². The largest absolute Gasteiger partial charge is 0.497 e. The standard InChI is InChI=1S/C19H17ClN4O2/c1-12-16(20)7-4-8-17(12)24-19-21-10-13(11-22-19)18(25)23-14-5-3-6-15(9-14)26-2/h3-11H,1-2H3,(H,23,25)(H,21,22,24). The maximum atomic E-state index is 12.3. The molecule has 0 fully saturated rings. The molecule has 3 aromatic rings. The van der Waals surface area contributed by atoms with Crippen molar-refractivity contribution in [2.75, 3.05) is 17.7 Å². The van der Waals surface area contributed by atoms with Crippen LogP contribution in [0, 0.1) is 6.92 Å². The van der Waals surface area contributed by atoms with Gasteiger partial charge in [0.05, 0.1) is 12.7 Å². The second kappa shape index (κ2) is 7.84. The fraction of sp³-hybridized carbons (Fsp3) is 0.105. The number of benzene rings is 2. The number of hydrogen-bond acceptors (Lipinski definition) is 5. The predicted octanol–water partition coefficient (Wildman–Crippen LogP) is 4.44. The van der Waals surface area contributed by atoms with E-state index in [0.717, 1.165) is 11.3 Å². The fourth-order valence-corrected chi connectivity index (χ4v) is 2.45. The lowest BCUT2D eigenvalue weighted by atomic mass is 10.2.